The van der Waals surface area contributed by atoms with Crippen LogP contribution in [0.25, 0.3) is 0 Å². The Bertz CT molecular complexity index is 1290. The smallest absolute Gasteiger partial charge is 0.306 e. The molecule has 0 heterocycles. The summed E-state index contributed by atoms with van der Waals surface area (Å²) in [6, 6.07) is 0. The van der Waals surface area contributed by atoms with E-state index in [1.807, 2.05) is 0 Å². The van der Waals surface area contributed by atoms with Gasteiger partial charge in [-0.25, -0.2) is 0 Å². The average Bonchev–Trinajstić information content (AvgIpc) is 3.35. The molecule has 0 N–H and O–H groups in total. The fraction of sp³-hybridized carbons (Fsp3) is 0.762. The molecule has 0 aliphatic heterocycles. The van der Waals surface area contributed by atoms with E-state index >= 15 is 0 Å². The SMILES string of the molecule is CC/C=C\C/C=C\C/C=C\C/C=C\C/C=C\C/C=C\CCCCCCCCC(=O)OCC(COC(=O)CCCCCCCCCC)OC(=O)CCCCCCCCCCCCCCCCCCCC. The number of rotatable bonds is 53. The van der Waals surface area contributed by atoms with E-state index in [9.17, 15) is 14.4 Å². The summed E-state index contributed by atoms with van der Waals surface area (Å²) in [6.45, 7) is 6.51. The van der Waals surface area contributed by atoms with E-state index in [0.29, 0.717) is 19.3 Å². The Kier molecular flexibility index (Phi) is 54.8. The van der Waals surface area contributed by atoms with Crippen molar-refractivity contribution in [1.82, 2.24) is 0 Å². The number of unbranched alkanes of at least 4 members (excludes halogenated alkanes) is 30. The minimum absolute atomic E-state index is 0.0768. The summed E-state index contributed by atoms with van der Waals surface area (Å²) in [7, 11) is 0. The molecule has 69 heavy (non-hydrogen) atoms. The molecule has 0 fully saturated rings. The molecule has 0 saturated heterocycles. The number of carbonyl (C=O) groups excluding carboxylic acids is 3. The molecule has 0 aromatic carbocycles. The van der Waals surface area contributed by atoms with Crippen molar-refractivity contribution in [3.05, 3.63) is 72.9 Å². The van der Waals surface area contributed by atoms with Gasteiger partial charge in [0.15, 0.2) is 6.10 Å². The molecule has 0 bridgehead atoms. The van der Waals surface area contributed by atoms with Crippen LogP contribution in [-0.4, -0.2) is 37.2 Å². The van der Waals surface area contributed by atoms with Gasteiger partial charge in [-0.15, -0.1) is 0 Å². The van der Waals surface area contributed by atoms with Crippen molar-refractivity contribution in [2.75, 3.05) is 13.2 Å². The summed E-state index contributed by atoms with van der Waals surface area (Å²) >= 11 is 0. The van der Waals surface area contributed by atoms with Crippen LogP contribution in [0.4, 0.5) is 0 Å². The maximum atomic E-state index is 12.8. The normalized spacial score (nSPS) is 12.6. The Morgan fingerprint density at radius 2 is 0.565 bits per heavy atom. The third-order valence-corrected chi connectivity index (χ3v) is 12.7. The lowest BCUT2D eigenvalue weighted by Crippen LogP contribution is -2.30. The van der Waals surface area contributed by atoms with Gasteiger partial charge in [0.2, 0.25) is 0 Å². The van der Waals surface area contributed by atoms with Crippen LogP contribution in [0.5, 0.6) is 0 Å². The van der Waals surface area contributed by atoms with E-state index in [4.69, 9.17) is 14.2 Å². The minimum atomic E-state index is -0.777. The third kappa shape index (κ3) is 55.6. The van der Waals surface area contributed by atoms with Gasteiger partial charge >= 0.3 is 17.9 Å². The van der Waals surface area contributed by atoms with E-state index in [0.717, 1.165) is 103 Å². The Balaban J connectivity index is 4.24. The van der Waals surface area contributed by atoms with Gasteiger partial charge in [0.05, 0.1) is 0 Å². The summed E-state index contributed by atoms with van der Waals surface area (Å²) < 4.78 is 16.8. The van der Waals surface area contributed by atoms with Crippen LogP contribution in [0.2, 0.25) is 0 Å². The van der Waals surface area contributed by atoms with Crippen LogP contribution in [0, 0.1) is 0 Å². The topological polar surface area (TPSA) is 78.9 Å². The van der Waals surface area contributed by atoms with Crippen molar-refractivity contribution < 1.29 is 28.6 Å². The lowest BCUT2D eigenvalue weighted by Gasteiger charge is -2.18. The quantitative estimate of drug-likeness (QED) is 0.0262. The number of hydrogen-bond acceptors (Lipinski definition) is 6. The van der Waals surface area contributed by atoms with Gasteiger partial charge in [-0.3, -0.25) is 14.4 Å². The van der Waals surface area contributed by atoms with Gasteiger partial charge in [0.25, 0.3) is 0 Å². The fourth-order valence-corrected chi connectivity index (χ4v) is 8.33. The maximum Gasteiger partial charge on any atom is 0.306 e. The van der Waals surface area contributed by atoms with E-state index in [-0.39, 0.29) is 31.1 Å². The van der Waals surface area contributed by atoms with Gasteiger partial charge in [0, 0.05) is 19.3 Å². The molecule has 0 aromatic rings. The van der Waals surface area contributed by atoms with Gasteiger partial charge in [-0.05, 0) is 70.6 Å². The average molecular weight is 964 g/mol. The molecule has 0 spiro atoms. The minimum Gasteiger partial charge on any atom is -0.462 e. The highest BCUT2D eigenvalue weighted by molar-refractivity contribution is 5.71. The van der Waals surface area contributed by atoms with E-state index < -0.39 is 6.10 Å². The summed E-state index contributed by atoms with van der Waals surface area (Å²) in [5.41, 5.74) is 0. The molecule has 0 amide bonds. The van der Waals surface area contributed by atoms with Crippen LogP contribution in [0.1, 0.15) is 290 Å². The van der Waals surface area contributed by atoms with Gasteiger partial charge < -0.3 is 14.2 Å². The standard InChI is InChI=1S/C63H110O6/c1-4-7-10-13-16-19-21-23-25-27-29-30-31-32-33-34-35-37-38-40-42-44-47-50-53-56-62(65)68-59-60(58-67-61(64)55-52-49-46-18-15-12-9-6-3)69-63(66)57-54-51-48-45-43-41-39-36-28-26-24-22-20-17-14-11-8-5-2/h7,10,16,19,23,25,29-30,32-33,35,37,60H,4-6,8-9,11-15,17-18,20-22,24,26-28,31,34,36,38-59H2,1-3H3/b10-7-,19-16-,25-23-,30-29-,33-32-,37-35-. The second kappa shape index (κ2) is 57.4. The Morgan fingerprint density at radius 3 is 0.884 bits per heavy atom. The lowest BCUT2D eigenvalue weighted by molar-refractivity contribution is -0.167. The highest BCUT2D eigenvalue weighted by Gasteiger charge is 2.19. The molecule has 0 saturated carbocycles. The van der Waals surface area contributed by atoms with Crippen molar-refractivity contribution in [2.24, 2.45) is 0 Å². The highest BCUT2D eigenvalue weighted by atomic mass is 16.6. The molecule has 398 valence electrons. The van der Waals surface area contributed by atoms with Gasteiger partial charge in [-0.1, -0.05) is 273 Å². The summed E-state index contributed by atoms with van der Waals surface area (Å²) in [5.74, 6) is -0.885. The zero-order chi connectivity index (χ0) is 50.0. The molecule has 0 aliphatic rings. The Morgan fingerprint density at radius 1 is 0.304 bits per heavy atom. The first-order valence-electron chi connectivity index (χ1n) is 29.4. The van der Waals surface area contributed by atoms with Crippen molar-refractivity contribution in [3.8, 4) is 0 Å². The maximum absolute atomic E-state index is 12.8. The summed E-state index contributed by atoms with van der Waals surface area (Å²) in [5, 5.41) is 0. The molecule has 6 nitrogen and oxygen atoms in total. The molecule has 0 aromatic heterocycles. The van der Waals surface area contributed by atoms with Gasteiger partial charge in [0.1, 0.15) is 13.2 Å². The highest BCUT2D eigenvalue weighted by Crippen LogP contribution is 2.16. The van der Waals surface area contributed by atoms with Crippen molar-refractivity contribution in [2.45, 2.75) is 297 Å². The lowest BCUT2D eigenvalue weighted by atomic mass is 10.0. The van der Waals surface area contributed by atoms with Crippen molar-refractivity contribution in [1.29, 1.82) is 0 Å². The van der Waals surface area contributed by atoms with Crippen LogP contribution >= 0.6 is 0 Å². The van der Waals surface area contributed by atoms with Crippen LogP contribution in [0.3, 0.4) is 0 Å². The predicted molar refractivity (Wildman–Crippen MR) is 298 cm³/mol. The van der Waals surface area contributed by atoms with Crippen molar-refractivity contribution in [3.63, 3.8) is 0 Å². The largest absolute Gasteiger partial charge is 0.462 e. The number of allylic oxidation sites excluding steroid dienone is 12. The molecule has 0 rings (SSSR count). The Labute approximate surface area is 427 Å². The third-order valence-electron chi connectivity index (χ3n) is 12.7. The van der Waals surface area contributed by atoms with Crippen LogP contribution in [-0.2, 0) is 28.6 Å². The molecular weight excluding hydrogens is 853 g/mol. The first-order chi connectivity index (χ1) is 34.0. The zero-order valence-electron chi connectivity index (χ0n) is 45.6. The Hall–Kier alpha value is -3.15. The fourth-order valence-electron chi connectivity index (χ4n) is 8.33. The number of hydrogen-bond donors (Lipinski definition) is 0. The van der Waals surface area contributed by atoms with Crippen LogP contribution < -0.4 is 0 Å². The monoisotopic (exact) mass is 963 g/mol. The first-order valence-corrected chi connectivity index (χ1v) is 29.4. The molecule has 0 radical (unpaired) electrons. The molecule has 1 atom stereocenters. The first kappa shape index (κ1) is 65.8. The van der Waals surface area contributed by atoms with E-state index in [1.54, 1.807) is 0 Å². The molecule has 6 heteroatoms. The second-order valence-electron chi connectivity index (χ2n) is 19.5. The molecule has 1 unspecified atom stereocenters. The van der Waals surface area contributed by atoms with E-state index in [1.165, 1.54) is 148 Å². The summed E-state index contributed by atoms with van der Waals surface area (Å²) in [4.78, 5) is 38.0. The molecule has 0 aliphatic carbocycles. The second-order valence-corrected chi connectivity index (χ2v) is 19.5. The molecular formula is C63H110O6. The number of ether oxygens (including phenoxy) is 3. The van der Waals surface area contributed by atoms with Crippen LogP contribution in [0.15, 0.2) is 72.9 Å². The zero-order valence-corrected chi connectivity index (χ0v) is 45.6. The van der Waals surface area contributed by atoms with Crippen molar-refractivity contribution >= 4 is 17.9 Å². The number of esters is 3. The predicted octanol–water partition coefficient (Wildman–Crippen LogP) is 19.8. The van der Waals surface area contributed by atoms with Gasteiger partial charge in [-0.2, -0.15) is 0 Å². The summed E-state index contributed by atoms with van der Waals surface area (Å²) in [6.07, 6.45) is 73.4. The number of carbonyl (C=O) groups is 3. The van der Waals surface area contributed by atoms with E-state index in [2.05, 4.69) is 93.7 Å².